The molecule has 4 nitrogen and oxygen atoms in total. The highest BCUT2D eigenvalue weighted by Gasteiger charge is 2.09. The number of oxazole rings is 1. The SMILES string of the molecule is O=C(CCc1ncc(-c2ccccc2)o1)NCCc1ccccc1F. The van der Waals surface area contributed by atoms with E-state index < -0.39 is 0 Å². The van der Waals surface area contributed by atoms with Crippen LogP contribution in [0.2, 0.25) is 0 Å². The third kappa shape index (κ3) is 4.76. The van der Waals surface area contributed by atoms with E-state index in [9.17, 15) is 9.18 Å². The molecule has 0 aliphatic rings. The van der Waals surface area contributed by atoms with Crippen LogP contribution in [-0.4, -0.2) is 17.4 Å². The first-order valence-electron chi connectivity index (χ1n) is 8.22. The van der Waals surface area contributed by atoms with Crippen LogP contribution in [0.5, 0.6) is 0 Å². The lowest BCUT2D eigenvalue weighted by Crippen LogP contribution is -2.26. The predicted octanol–water partition coefficient (Wildman–Crippen LogP) is 3.77. The minimum Gasteiger partial charge on any atom is -0.441 e. The summed E-state index contributed by atoms with van der Waals surface area (Å²) in [7, 11) is 0. The Labute approximate surface area is 145 Å². The van der Waals surface area contributed by atoms with Gasteiger partial charge in [0.25, 0.3) is 0 Å². The second kappa shape index (κ2) is 8.24. The number of rotatable bonds is 7. The molecule has 0 unspecified atom stereocenters. The minimum atomic E-state index is -0.245. The Balaban J connectivity index is 1.44. The zero-order valence-corrected chi connectivity index (χ0v) is 13.7. The molecule has 0 fully saturated rings. The smallest absolute Gasteiger partial charge is 0.220 e. The summed E-state index contributed by atoms with van der Waals surface area (Å²) in [6.45, 7) is 0.403. The molecule has 3 aromatic rings. The van der Waals surface area contributed by atoms with Gasteiger partial charge in [0.15, 0.2) is 11.7 Å². The number of nitrogens with zero attached hydrogens (tertiary/aromatic N) is 1. The van der Waals surface area contributed by atoms with Gasteiger partial charge in [-0.25, -0.2) is 9.37 Å². The first kappa shape index (κ1) is 16.9. The molecule has 1 N–H and O–H groups in total. The van der Waals surface area contributed by atoms with Crippen molar-refractivity contribution in [3.63, 3.8) is 0 Å². The van der Waals surface area contributed by atoms with Crippen LogP contribution in [0.25, 0.3) is 11.3 Å². The van der Waals surface area contributed by atoms with Crippen molar-refractivity contribution in [2.75, 3.05) is 6.54 Å². The number of carbonyl (C=O) groups is 1. The van der Waals surface area contributed by atoms with Crippen molar-refractivity contribution in [1.82, 2.24) is 10.3 Å². The second-order valence-corrected chi connectivity index (χ2v) is 5.68. The molecule has 1 heterocycles. The molecule has 0 saturated heterocycles. The quantitative estimate of drug-likeness (QED) is 0.713. The largest absolute Gasteiger partial charge is 0.441 e. The summed E-state index contributed by atoms with van der Waals surface area (Å²) in [5.74, 6) is 0.874. The number of halogens is 1. The van der Waals surface area contributed by atoms with Crippen molar-refractivity contribution in [2.24, 2.45) is 0 Å². The lowest BCUT2D eigenvalue weighted by atomic mass is 10.1. The maximum absolute atomic E-state index is 13.5. The van der Waals surface area contributed by atoms with Gasteiger partial charge in [0.05, 0.1) is 6.20 Å². The van der Waals surface area contributed by atoms with Crippen molar-refractivity contribution in [1.29, 1.82) is 0 Å². The Bertz CT molecular complexity index is 830. The van der Waals surface area contributed by atoms with Crippen LogP contribution in [0.3, 0.4) is 0 Å². The zero-order valence-electron chi connectivity index (χ0n) is 13.7. The topological polar surface area (TPSA) is 55.1 Å². The van der Waals surface area contributed by atoms with Gasteiger partial charge in [-0.2, -0.15) is 0 Å². The molecule has 0 spiro atoms. The van der Waals surface area contributed by atoms with E-state index in [1.54, 1.807) is 24.4 Å². The normalized spacial score (nSPS) is 10.6. The van der Waals surface area contributed by atoms with E-state index >= 15 is 0 Å². The van der Waals surface area contributed by atoms with E-state index in [1.807, 2.05) is 30.3 Å². The average molecular weight is 338 g/mol. The van der Waals surface area contributed by atoms with E-state index in [0.29, 0.717) is 36.6 Å². The number of hydrogen-bond donors (Lipinski definition) is 1. The molecule has 1 amide bonds. The minimum absolute atomic E-state index is 0.101. The standard InChI is InChI=1S/C20H19FN2O2/c21-17-9-5-4-6-15(17)12-13-22-19(24)10-11-20-23-14-18(25-20)16-7-2-1-3-8-16/h1-9,14H,10-13H2,(H,22,24). The third-order valence-corrected chi connectivity index (χ3v) is 3.85. The average Bonchev–Trinajstić information content (AvgIpc) is 3.11. The molecule has 3 rings (SSSR count). The van der Waals surface area contributed by atoms with Gasteiger partial charge in [-0.1, -0.05) is 48.5 Å². The molecule has 128 valence electrons. The highest BCUT2D eigenvalue weighted by atomic mass is 19.1. The van der Waals surface area contributed by atoms with Crippen LogP contribution in [0.1, 0.15) is 17.9 Å². The fourth-order valence-electron chi connectivity index (χ4n) is 2.51. The van der Waals surface area contributed by atoms with Gasteiger partial charge >= 0.3 is 0 Å². The van der Waals surface area contributed by atoms with Gasteiger partial charge in [-0.05, 0) is 18.1 Å². The van der Waals surface area contributed by atoms with Gasteiger partial charge in [-0.3, -0.25) is 4.79 Å². The Morgan fingerprint density at radius 3 is 2.60 bits per heavy atom. The molecule has 1 aromatic heterocycles. The molecule has 0 bridgehead atoms. The molecule has 0 radical (unpaired) electrons. The number of nitrogens with one attached hydrogen (secondary N) is 1. The maximum Gasteiger partial charge on any atom is 0.220 e. The number of hydrogen-bond acceptors (Lipinski definition) is 3. The molecular formula is C20H19FN2O2. The maximum atomic E-state index is 13.5. The van der Waals surface area contributed by atoms with Gasteiger partial charge < -0.3 is 9.73 Å². The first-order chi connectivity index (χ1) is 12.2. The number of benzene rings is 2. The fraction of sp³-hybridized carbons (Fsp3) is 0.200. The summed E-state index contributed by atoms with van der Waals surface area (Å²) < 4.78 is 19.2. The van der Waals surface area contributed by atoms with Crippen molar-refractivity contribution in [3.8, 4) is 11.3 Å². The summed E-state index contributed by atoms with van der Waals surface area (Å²) in [5.41, 5.74) is 1.55. The first-order valence-corrected chi connectivity index (χ1v) is 8.22. The second-order valence-electron chi connectivity index (χ2n) is 5.68. The summed E-state index contributed by atoms with van der Waals surface area (Å²) >= 11 is 0. The fourth-order valence-corrected chi connectivity index (χ4v) is 2.51. The Hall–Kier alpha value is -2.95. The van der Waals surface area contributed by atoms with E-state index in [1.165, 1.54) is 6.07 Å². The lowest BCUT2D eigenvalue weighted by molar-refractivity contribution is -0.121. The molecular weight excluding hydrogens is 319 g/mol. The molecule has 25 heavy (non-hydrogen) atoms. The van der Waals surface area contributed by atoms with Crippen LogP contribution >= 0.6 is 0 Å². The van der Waals surface area contributed by atoms with Gasteiger partial charge in [-0.15, -0.1) is 0 Å². The molecule has 0 aliphatic carbocycles. The highest BCUT2D eigenvalue weighted by Crippen LogP contribution is 2.20. The summed E-state index contributed by atoms with van der Waals surface area (Å²) in [4.78, 5) is 16.1. The monoisotopic (exact) mass is 338 g/mol. The molecule has 0 aliphatic heterocycles. The summed E-state index contributed by atoms with van der Waals surface area (Å²) in [6, 6.07) is 16.3. The molecule has 0 atom stereocenters. The lowest BCUT2D eigenvalue weighted by Gasteiger charge is -2.05. The zero-order chi connectivity index (χ0) is 17.5. The van der Waals surface area contributed by atoms with Crippen molar-refractivity contribution in [3.05, 3.63) is 78.1 Å². The van der Waals surface area contributed by atoms with Gasteiger partial charge in [0.2, 0.25) is 5.91 Å². The van der Waals surface area contributed by atoms with Gasteiger partial charge in [0.1, 0.15) is 5.82 Å². The van der Waals surface area contributed by atoms with E-state index in [0.717, 1.165) is 5.56 Å². The third-order valence-electron chi connectivity index (χ3n) is 3.85. The summed E-state index contributed by atoms with van der Waals surface area (Å²) in [6.07, 6.45) is 2.85. The number of aromatic nitrogens is 1. The van der Waals surface area contributed by atoms with E-state index in [-0.39, 0.29) is 18.1 Å². The molecule has 2 aromatic carbocycles. The van der Waals surface area contributed by atoms with E-state index in [2.05, 4.69) is 10.3 Å². The predicted molar refractivity (Wildman–Crippen MR) is 93.4 cm³/mol. The van der Waals surface area contributed by atoms with Crippen molar-refractivity contribution < 1.29 is 13.6 Å². The van der Waals surface area contributed by atoms with Crippen LogP contribution in [0, 0.1) is 5.82 Å². The Morgan fingerprint density at radius 1 is 1.04 bits per heavy atom. The molecule has 5 heteroatoms. The van der Waals surface area contributed by atoms with Crippen LogP contribution in [0.4, 0.5) is 4.39 Å². The van der Waals surface area contributed by atoms with Gasteiger partial charge in [0, 0.05) is 24.9 Å². The highest BCUT2D eigenvalue weighted by molar-refractivity contribution is 5.76. The Morgan fingerprint density at radius 2 is 1.80 bits per heavy atom. The number of aryl methyl sites for hydroxylation is 1. The van der Waals surface area contributed by atoms with Crippen molar-refractivity contribution in [2.45, 2.75) is 19.3 Å². The summed E-state index contributed by atoms with van der Waals surface area (Å²) in [5, 5.41) is 2.79. The van der Waals surface area contributed by atoms with Crippen LogP contribution in [0.15, 0.2) is 65.2 Å². The number of amides is 1. The number of carbonyl (C=O) groups excluding carboxylic acids is 1. The van der Waals surface area contributed by atoms with Crippen LogP contribution < -0.4 is 5.32 Å². The van der Waals surface area contributed by atoms with Crippen molar-refractivity contribution >= 4 is 5.91 Å². The Kier molecular flexibility index (Phi) is 5.57. The molecule has 0 saturated carbocycles. The van der Waals surface area contributed by atoms with Crippen LogP contribution in [-0.2, 0) is 17.6 Å². The van der Waals surface area contributed by atoms with E-state index in [4.69, 9.17) is 4.42 Å².